The van der Waals surface area contributed by atoms with Gasteiger partial charge in [-0.25, -0.2) is 14.4 Å². The maximum Gasteiger partial charge on any atom is 0.169 e. The molecular weight excluding hydrogens is 481 g/mol. The second-order valence-electron chi connectivity index (χ2n) is 9.32. The molecule has 0 fully saturated rings. The number of pyridine rings is 1. The molecule has 0 aliphatic carbocycles. The third-order valence-electron chi connectivity index (χ3n) is 6.18. The number of aromatic nitrogens is 3. The van der Waals surface area contributed by atoms with Gasteiger partial charge in [-0.05, 0) is 62.1 Å². The van der Waals surface area contributed by atoms with Crippen molar-refractivity contribution < 1.29 is 13.9 Å². The van der Waals surface area contributed by atoms with Gasteiger partial charge in [-0.15, -0.1) is 0 Å². The predicted octanol–water partition coefficient (Wildman–Crippen LogP) is 6.29. The molecule has 5 N–H and O–H groups in total. The Kier molecular flexibility index (Phi) is 6.87. The standard InChI is InChI=1S/C30H30FN5O2/c1-4-37-21-14-23(28(31)26(15-21)38-17(2)3)27(30-34-16-25(36-30)18-8-6-5-7-9-18)24-13-19-12-20(32)10-11-22(19)29(33)35-24/h5-17,27H,4,32H2,1-3H3,(H2,33,35)(H,34,36). The minimum atomic E-state index is -0.740. The number of nitrogens with one attached hydrogen (secondary N) is 1. The van der Waals surface area contributed by atoms with Crippen LogP contribution in [0.3, 0.4) is 0 Å². The van der Waals surface area contributed by atoms with E-state index in [4.69, 9.17) is 25.9 Å². The van der Waals surface area contributed by atoms with Crippen molar-refractivity contribution >= 4 is 22.3 Å². The largest absolute Gasteiger partial charge is 0.494 e. The molecule has 2 aromatic heterocycles. The van der Waals surface area contributed by atoms with Crippen LogP contribution in [0.2, 0.25) is 0 Å². The summed E-state index contributed by atoms with van der Waals surface area (Å²) in [7, 11) is 0. The molecule has 5 aromatic rings. The molecule has 1 atom stereocenters. The summed E-state index contributed by atoms with van der Waals surface area (Å²) in [6, 6.07) is 20.3. The molecule has 0 aliphatic rings. The van der Waals surface area contributed by atoms with Crippen molar-refractivity contribution in [3.8, 4) is 22.8 Å². The van der Waals surface area contributed by atoms with E-state index in [1.807, 2.05) is 69.3 Å². The number of fused-ring (bicyclic) bond motifs is 1. The summed E-state index contributed by atoms with van der Waals surface area (Å²) >= 11 is 0. The van der Waals surface area contributed by atoms with Crippen LogP contribution in [0.4, 0.5) is 15.9 Å². The third kappa shape index (κ3) is 4.98. The number of benzene rings is 3. The van der Waals surface area contributed by atoms with Crippen LogP contribution < -0.4 is 20.9 Å². The first kappa shape index (κ1) is 25.1. The van der Waals surface area contributed by atoms with Crippen molar-refractivity contribution in [2.45, 2.75) is 32.8 Å². The molecule has 0 aliphatic heterocycles. The van der Waals surface area contributed by atoms with Crippen LogP contribution >= 0.6 is 0 Å². The van der Waals surface area contributed by atoms with Crippen LogP contribution in [0.5, 0.6) is 11.5 Å². The number of hydrogen-bond donors (Lipinski definition) is 3. The molecule has 0 radical (unpaired) electrons. The van der Waals surface area contributed by atoms with Crippen molar-refractivity contribution in [1.29, 1.82) is 0 Å². The Morgan fingerprint density at radius 3 is 2.53 bits per heavy atom. The summed E-state index contributed by atoms with van der Waals surface area (Å²) in [5.41, 5.74) is 15.6. The molecule has 38 heavy (non-hydrogen) atoms. The monoisotopic (exact) mass is 511 g/mol. The maximum absolute atomic E-state index is 16.2. The topological polar surface area (TPSA) is 112 Å². The van der Waals surface area contributed by atoms with Gasteiger partial charge in [-0.1, -0.05) is 30.3 Å². The first-order chi connectivity index (χ1) is 18.3. The van der Waals surface area contributed by atoms with Crippen LogP contribution in [-0.4, -0.2) is 27.7 Å². The first-order valence-electron chi connectivity index (χ1n) is 12.5. The summed E-state index contributed by atoms with van der Waals surface area (Å²) in [4.78, 5) is 12.8. The Morgan fingerprint density at radius 2 is 1.79 bits per heavy atom. The lowest BCUT2D eigenvalue weighted by Crippen LogP contribution is -2.14. The summed E-state index contributed by atoms with van der Waals surface area (Å²) in [6.45, 7) is 5.98. The number of hydrogen-bond acceptors (Lipinski definition) is 6. The van der Waals surface area contributed by atoms with Gasteiger partial charge in [0, 0.05) is 22.7 Å². The zero-order valence-corrected chi connectivity index (χ0v) is 21.5. The van der Waals surface area contributed by atoms with Crippen LogP contribution in [-0.2, 0) is 0 Å². The Labute approximate surface area is 220 Å². The van der Waals surface area contributed by atoms with Crippen molar-refractivity contribution in [3.05, 3.63) is 95.8 Å². The lowest BCUT2D eigenvalue weighted by Gasteiger charge is -2.21. The average Bonchev–Trinajstić information content (AvgIpc) is 3.37. The second-order valence-corrected chi connectivity index (χ2v) is 9.32. The fourth-order valence-corrected chi connectivity index (χ4v) is 4.56. The lowest BCUT2D eigenvalue weighted by atomic mass is 9.92. The molecule has 5 rings (SSSR count). The quantitative estimate of drug-likeness (QED) is 0.211. The minimum absolute atomic E-state index is 0.0961. The molecular formula is C30H30FN5O2. The van der Waals surface area contributed by atoms with E-state index >= 15 is 4.39 Å². The Balaban J connectivity index is 1.75. The minimum Gasteiger partial charge on any atom is -0.494 e. The van der Waals surface area contributed by atoms with Crippen molar-refractivity contribution in [3.63, 3.8) is 0 Å². The number of imidazole rings is 1. The molecule has 7 nitrogen and oxygen atoms in total. The van der Waals surface area contributed by atoms with Crippen LogP contribution in [0.1, 0.15) is 43.8 Å². The van der Waals surface area contributed by atoms with Gasteiger partial charge in [0.2, 0.25) is 0 Å². The number of anilines is 2. The average molecular weight is 512 g/mol. The highest BCUT2D eigenvalue weighted by atomic mass is 19.1. The van der Waals surface area contributed by atoms with Gasteiger partial charge in [0.1, 0.15) is 17.4 Å². The number of halogens is 1. The van der Waals surface area contributed by atoms with E-state index in [1.54, 1.807) is 24.4 Å². The number of H-pyrrole nitrogens is 1. The molecule has 0 saturated carbocycles. The van der Waals surface area contributed by atoms with Gasteiger partial charge in [0.25, 0.3) is 0 Å². The molecule has 0 amide bonds. The summed E-state index contributed by atoms with van der Waals surface area (Å²) in [6.07, 6.45) is 1.49. The van der Waals surface area contributed by atoms with Crippen molar-refractivity contribution in [2.24, 2.45) is 0 Å². The summed E-state index contributed by atoms with van der Waals surface area (Å²) in [5.74, 6) is 0.143. The van der Waals surface area contributed by atoms with Crippen molar-refractivity contribution in [2.75, 3.05) is 18.1 Å². The number of rotatable bonds is 8. The van der Waals surface area contributed by atoms with Crippen LogP contribution in [0.15, 0.2) is 72.9 Å². The number of aromatic amines is 1. The number of nitrogens with two attached hydrogens (primary N) is 2. The van der Waals surface area contributed by atoms with Gasteiger partial charge in [-0.3, -0.25) is 0 Å². The molecule has 0 saturated heterocycles. The normalized spacial score (nSPS) is 12.1. The van der Waals surface area contributed by atoms with Gasteiger partial charge in [0.15, 0.2) is 11.6 Å². The van der Waals surface area contributed by atoms with Gasteiger partial charge in [-0.2, -0.15) is 0 Å². The molecule has 0 spiro atoms. The molecule has 0 bridgehead atoms. The van der Waals surface area contributed by atoms with E-state index in [0.717, 1.165) is 22.0 Å². The summed E-state index contributed by atoms with van der Waals surface area (Å²) in [5, 5.41) is 1.56. The van der Waals surface area contributed by atoms with Crippen LogP contribution in [0.25, 0.3) is 22.0 Å². The van der Waals surface area contributed by atoms with Gasteiger partial charge in [0.05, 0.1) is 36.2 Å². The molecule has 194 valence electrons. The van der Waals surface area contributed by atoms with E-state index in [0.29, 0.717) is 40.9 Å². The Morgan fingerprint density at radius 1 is 1.00 bits per heavy atom. The van der Waals surface area contributed by atoms with Gasteiger partial charge >= 0.3 is 0 Å². The first-order valence-corrected chi connectivity index (χ1v) is 12.5. The highest BCUT2D eigenvalue weighted by Gasteiger charge is 2.29. The molecule has 8 heteroatoms. The van der Waals surface area contributed by atoms with Crippen molar-refractivity contribution in [1.82, 2.24) is 15.0 Å². The fourth-order valence-electron chi connectivity index (χ4n) is 4.56. The van der Waals surface area contributed by atoms with E-state index in [1.165, 1.54) is 0 Å². The van der Waals surface area contributed by atoms with E-state index < -0.39 is 11.7 Å². The molecule has 3 aromatic carbocycles. The smallest absolute Gasteiger partial charge is 0.169 e. The maximum atomic E-state index is 16.2. The lowest BCUT2D eigenvalue weighted by molar-refractivity contribution is 0.228. The number of nitrogens with zero attached hydrogens (tertiary/aromatic N) is 2. The highest BCUT2D eigenvalue weighted by molar-refractivity contribution is 5.93. The SMILES string of the molecule is CCOc1cc(OC(C)C)c(F)c(C(c2cc3cc(N)ccc3c(N)n2)c2ncc(-c3ccccc3)[nH]2)c1. The predicted molar refractivity (Wildman–Crippen MR) is 149 cm³/mol. The highest BCUT2D eigenvalue weighted by Crippen LogP contribution is 2.39. The van der Waals surface area contributed by atoms with E-state index in [2.05, 4.69) is 9.97 Å². The Hall–Kier alpha value is -4.59. The Bertz CT molecular complexity index is 1580. The second kappa shape index (κ2) is 10.4. The summed E-state index contributed by atoms with van der Waals surface area (Å²) < 4.78 is 27.8. The zero-order chi connectivity index (χ0) is 26.8. The third-order valence-corrected chi connectivity index (χ3v) is 6.18. The van der Waals surface area contributed by atoms with Gasteiger partial charge < -0.3 is 25.9 Å². The van der Waals surface area contributed by atoms with E-state index in [-0.39, 0.29) is 11.9 Å². The fraction of sp³-hybridized carbons (Fsp3) is 0.200. The zero-order valence-electron chi connectivity index (χ0n) is 21.5. The van der Waals surface area contributed by atoms with Crippen LogP contribution in [0, 0.1) is 5.82 Å². The molecule has 2 heterocycles. The van der Waals surface area contributed by atoms with E-state index in [9.17, 15) is 0 Å². The number of ether oxygens (including phenoxy) is 2. The number of nitrogen functional groups attached to an aromatic ring is 2. The molecule has 1 unspecified atom stereocenters.